The molecule has 0 aliphatic carbocycles. The number of carbonyl (C=O) groups excluding carboxylic acids is 1. The molecule has 2 aliphatic rings. The number of benzene rings is 1. The van der Waals surface area contributed by atoms with Gasteiger partial charge in [0.05, 0.1) is 29.1 Å². The molecule has 0 bridgehead atoms. The van der Waals surface area contributed by atoms with Gasteiger partial charge in [-0.05, 0) is 44.4 Å². The molecule has 1 atom stereocenters. The third-order valence-corrected chi connectivity index (χ3v) is 5.16. The van der Waals surface area contributed by atoms with Gasteiger partial charge in [0.25, 0.3) is 0 Å². The molecule has 3 aromatic rings. The molecule has 1 saturated heterocycles. The summed E-state index contributed by atoms with van der Waals surface area (Å²) >= 11 is 0. The summed E-state index contributed by atoms with van der Waals surface area (Å²) in [5.74, 6) is 0.526. The molecular weight excluding hydrogens is 344 g/mol. The first-order valence-corrected chi connectivity index (χ1v) is 9.23. The Morgan fingerprint density at radius 3 is 3.04 bits per heavy atom. The Hall–Kier alpha value is -3.16. The first-order chi connectivity index (χ1) is 13.2. The van der Waals surface area contributed by atoms with Crippen LogP contribution in [0.15, 0.2) is 30.6 Å². The second kappa shape index (κ2) is 6.22. The Labute approximate surface area is 156 Å². The largest absolute Gasteiger partial charge is 0.447 e. The third kappa shape index (κ3) is 2.77. The molecular formula is C19H20N6O2. The SMILES string of the molecule is C[C@H]1COC(=O)N1c1ccc2cnc(Nc3cnn4c3CCCC4)nc2c1. The van der Waals surface area contributed by atoms with Crippen LogP contribution in [-0.4, -0.2) is 38.5 Å². The smallest absolute Gasteiger partial charge is 0.414 e. The fourth-order valence-corrected chi connectivity index (χ4v) is 3.74. The lowest BCUT2D eigenvalue weighted by atomic mass is 10.1. The number of cyclic esters (lactones) is 1. The number of aromatic nitrogens is 4. The van der Waals surface area contributed by atoms with Gasteiger partial charge in [-0.1, -0.05) is 0 Å². The van der Waals surface area contributed by atoms with Crippen LogP contribution in [0, 0.1) is 0 Å². The Bertz CT molecular complexity index is 1030. The summed E-state index contributed by atoms with van der Waals surface area (Å²) in [5.41, 5.74) is 3.72. The lowest BCUT2D eigenvalue weighted by molar-refractivity contribution is 0.179. The third-order valence-electron chi connectivity index (χ3n) is 5.16. The monoisotopic (exact) mass is 364 g/mol. The number of hydrogen-bond acceptors (Lipinski definition) is 6. The number of ether oxygens (including phenoxy) is 1. The van der Waals surface area contributed by atoms with E-state index in [0.717, 1.165) is 35.2 Å². The summed E-state index contributed by atoms with van der Waals surface area (Å²) in [6, 6.07) is 5.73. The number of nitrogens with zero attached hydrogens (tertiary/aromatic N) is 5. The maximum Gasteiger partial charge on any atom is 0.414 e. The van der Waals surface area contributed by atoms with E-state index in [-0.39, 0.29) is 12.1 Å². The van der Waals surface area contributed by atoms with E-state index in [1.807, 2.05) is 36.0 Å². The van der Waals surface area contributed by atoms with Crippen molar-refractivity contribution in [1.82, 2.24) is 19.7 Å². The summed E-state index contributed by atoms with van der Waals surface area (Å²) < 4.78 is 7.17. The number of nitrogens with one attached hydrogen (secondary N) is 1. The van der Waals surface area contributed by atoms with Gasteiger partial charge in [0.15, 0.2) is 0 Å². The Kier molecular flexibility index (Phi) is 3.70. The minimum atomic E-state index is -0.319. The lowest BCUT2D eigenvalue weighted by Gasteiger charge is -2.18. The number of anilines is 3. The van der Waals surface area contributed by atoms with Crippen molar-refractivity contribution in [2.75, 3.05) is 16.8 Å². The van der Waals surface area contributed by atoms with Gasteiger partial charge in [0.1, 0.15) is 6.61 Å². The molecule has 0 unspecified atom stereocenters. The van der Waals surface area contributed by atoms with Crippen molar-refractivity contribution < 1.29 is 9.53 Å². The zero-order valence-corrected chi connectivity index (χ0v) is 15.1. The number of amides is 1. The molecule has 5 rings (SSSR count). The zero-order chi connectivity index (χ0) is 18.4. The van der Waals surface area contributed by atoms with Crippen LogP contribution in [-0.2, 0) is 17.7 Å². The molecule has 2 aliphatic heterocycles. The van der Waals surface area contributed by atoms with Crippen molar-refractivity contribution in [2.45, 2.75) is 38.8 Å². The van der Waals surface area contributed by atoms with Crippen LogP contribution in [0.4, 0.5) is 22.1 Å². The van der Waals surface area contributed by atoms with Crippen LogP contribution in [0.1, 0.15) is 25.5 Å². The normalized spacial score (nSPS) is 19.2. The van der Waals surface area contributed by atoms with E-state index in [0.29, 0.717) is 12.6 Å². The van der Waals surface area contributed by atoms with Crippen LogP contribution < -0.4 is 10.2 Å². The molecule has 0 radical (unpaired) electrons. The number of hydrogen-bond donors (Lipinski definition) is 1. The van der Waals surface area contributed by atoms with E-state index in [1.165, 1.54) is 18.5 Å². The second-order valence-corrected chi connectivity index (χ2v) is 7.04. The average Bonchev–Trinajstić information content (AvgIpc) is 3.24. The highest BCUT2D eigenvalue weighted by molar-refractivity contribution is 5.93. The summed E-state index contributed by atoms with van der Waals surface area (Å²) in [7, 11) is 0. The van der Waals surface area contributed by atoms with E-state index in [2.05, 4.69) is 20.4 Å². The van der Waals surface area contributed by atoms with E-state index in [9.17, 15) is 4.79 Å². The maximum atomic E-state index is 12.0. The molecule has 1 amide bonds. The fourth-order valence-electron chi connectivity index (χ4n) is 3.74. The van der Waals surface area contributed by atoms with Crippen molar-refractivity contribution >= 4 is 34.3 Å². The van der Waals surface area contributed by atoms with Gasteiger partial charge in [-0.15, -0.1) is 0 Å². The standard InChI is InChI=1S/C19H20N6O2/c1-12-11-27-19(26)25(12)14-6-5-13-9-20-18(22-15(13)8-14)23-16-10-21-24-7-3-2-4-17(16)24/h5-6,8-10,12H,2-4,7,11H2,1H3,(H,20,22,23)/t12-/m0/s1. The van der Waals surface area contributed by atoms with E-state index < -0.39 is 0 Å². The minimum absolute atomic E-state index is 0.00771. The minimum Gasteiger partial charge on any atom is -0.447 e. The van der Waals surface area contributed by atoms with E-state index in [1.54, 1.807) is 11.1 Å². The molecule has 0 spiro atoms. The predicted octanol–water partition coefficient (Wildman–Crippen LogP) is 3.25. The summed E-state index contributed by atoms with van der Waals surface area (Å²) in [4.78, 5) is 22.7. The Morgan fingerprint density at radius 1 is 1.26 bits per heavy atom. The van der Waals surface area contributed by atoms with Crippen LogP contribution >= 0.6 is 0 Å². The van der Waals surface area contributed by atoms with E-state index in [4.69, 9.17) is 4.74 Å². The molecule has 1 aromatic carbocycles. The molecule has 27 heavy (non-hydrogen) atoms. The Balaban J connectivity index is 1.47. The molecule has 1 N–H and O–H groups in total. The van der Waals surface area contributed by atoms with Crippen LogP contribution in [0.3, 0.4) is 0 Å². The van der Waals surface area contributed by atoms with Gasteiger partial charge in [-0.25, -0.2) is 14.8 Å². The van der Waals surface area contributed by atoms with Crippen LogP contribution in [0.25, 0.3) is 10.9 Å². The van der Waals surface area contributed by atoms with Crippen molar-refractivity contribution in [1.29, 1.82) is 0 Å². The molecule has 2 aromatic heterocycles. The van der Waals surface area contributed by atoms with Crippen LogP contribution in [0.2, 0.25) is 0 Å². The Morgan fingerprint density at radius 2 is 2.19 bits per heavy atom. The molecule has 138 valence electrons. The average molecular weight is 364 g/mol. The lowest BCUT2D eigenvalue weighted by Crippen LogP contribution is -2.30. The molecule has 8 nitrogen and oxygen atoms in total. The number of fused-ring (bicyclic) bond motifs is 2. The van der Waals surface area contributed by atoms with Crippen molar-refractivity contribution in [2.24, 2.45) is 0 Å². The van der Waals surface area contributed by atoms with Gasteiger partial charge >= 0.3 is 6.09 Å². The highest BCUT2D eigenvalue weighted by Crippen LogP contribution is 2.28. The molecule has 1 fully saturated rings. The molecule has 8 heteroatoms. The van der Waals surface area contributed by atoms with E-state index >= 15 is 0 Å². The zero-order valence-electron chi connectivity index (χ0n) is 15.1. The topological polar surface area (TPSA) is 85.2 Å². The molecule has 4 heterocycles. The van der Waals surface area contributed by atoms with Crippen LogP contribution in [0.5, 0.6) is 0 Å². The maximum absolute atomic E-state index is 12.0. The summed E-state index contributed by atoms with van der Waals surface area (Å²) in [6.07, 6.45) is 6.66. The van der Waals surface area contributed by atoms with Gasteiger partial charge in [-0.3, -0.25) is 9.58 Å². The van der Waals surface area contributed by atoms with Crippen molar-refractivity contribution in [3.05, 3.63) is 36.3 Å². The highest BCUT2D eigenvalue weighted by atomic mass is 16.6. The molecule has 0 saturated carbocycles. The number of rotatable bonds is 3. The van der Waals surface area contributed by atoms with Crippen molar-refractivity contribution in [3.8, 4) is 0 Å². The summed E-state index contributed by atoms with van der Waals surface area (Å²) in [5, 5.41) is 8.66. The fraction of sp³-hybridized carbons (Fsp3) is 0.368. The first-order valence-electron chi connectivity index (χ1n) is 9.23. The predicted molar refractivity (Wildman–Crippen MR) is 101 cm³/mol. The second-order valence-electron chi connectivity index (χ2n) is 7.04. The van der Waals surface area contributed by atoms with Crippen molar-refractivity contribution in [3.63, 3.8) is 0 Å². The van der Waals surface area contributed by atoms with Gasteiger partial charge in [-0.2, -0.15) is 5.10 Å². The summed E-state index contributed by atoms with van der Waals surface area (Å²) in [6.45, 7) is 3.33. The van der Waals surface area contributed by atoms with Gasteiger partial charge < -0.3 is 10.1 Å². The highest BCUT2D eigenvalue weighted by Gasteiger charge is 2.31. The first kappa shape index (κ1) is 16.0. The van der Waals surface area contributed by atoms with Gasteiger partial charge in [0, 0.05) is 23.8 Å². The van der Waals surface area contributed by atoms with Gasteiger partial charge in [0.2, 0.25) is 5.95 Å². The number of carbonyl (C=O) groups is 1. The number of aryl methyl sites for hydroxylation is 1. The quantitative estimate of drug-likeness (QED) is 0.768.